The number of carbonyl (C=O) groups excluding carboxylic acids is 1. The van der Waals surface area contributed by atoms with Crippen molar-refractivity contribution in [3.63, 3.8) is 0 Å². The van der Waals surface area contributed by atoms with E-state index in [1.165, 1.54) is 22.7 Å². The third-order valence-electron chi connectivity index (χ3n) is 5.37. The number of fused-ring (bicyclic) bond motifs is 1. The summed E-state index contributed by atoms with van der Waals surface area (Å²) < 4.78 is 39.7. The van der Waals surface area contributed by atoms with Crippen LogP contribution in [0.3, 0.4) is 0 Å². The molecule has 174 valence electrons. The number of allylic oxidation sites excluding steroid dienone is 1. The van der Waals surface area contributed by atoms with Crippen molar-refractivity contribution in [2.75, 3.05) is 5.32 Å². The highest BCUT2D eigenvalue weighted by Gasteiger charge is 2.42. The number of aryl methyl sites for hydroxylation is 1. The molecule has 0 saturated heterocycles. The molecule has 2 aliphatic carbocycles. The molecule has 0 fully saturated rings. The smallest absolute Gasteiger partial charge is 0.450 e. The number of hydrogen-bond acceptors (Lipinski definition) is 5. The van der Waals surface area contributed by atoms with E-state index in [-0.39, 0.29) is 18.7 Å². The molecule has 0 aliphatic heterocycles. The Kier molecular flexibility index (Phi) is 7.60. The number of nitrogens with zero attached hydrogens (tertiary/aromatic N) is 1. The van der Waals surface area contributed by atoms with E-state index >= 15 is 0 Å². The lowest BCUT2D eigenvalue weighted by molar-refractivity contribution is -0.176. The van der Waals surface area contributed by atoms with Crippen LogP contribution in [0.4, 0.5) is 23.0 Å². The van der Waals surface area contributed by atoms with Crippen LogP contribution in [0.5, 0.6) is 0 Å². The second-order valence-electron chi connectivity index (χ2n) is 7.70. The van der Waals surface area contributed by atoms with Gasteiger partial charge in [-0.2, -0.15) is 13.2 Å². The molecule has 11 heteroatoms. The number of anilines is 1. The number of amides is 1. The Balaban J connectivity index is 0.000000668. The minimum atomic E-state index is -4.18. The monoisotopic (exact) mass is 488 g/mol. The molecule has 0 radical (unpaired) electrons. The average molecular weight is 489 g/mol. The molecule has 1 amide bonds. The maximum atomic E-state index is 13.2. The van der Waals surface area contributed by atoms with Crippen molar-refractivity contribution >= 4 is 39.7 Å². The van der Waals surface area contributed by atoms with Crippen LogP contribution in [0.25, 0.3) is 10.6 Å². The van der Waals surface area contributed by atoms with Crippen molar-refractivity contribution in [2.24, 2.45) is 5.92 Å². The molecule has 32 heavy (non-hydrogen) atoms. The molecule has 2 heterocycles. The lowest BCUT2D eigenvalue weighted by Crippen LogP contribution is -2.28. The van der Waals surface area contributed by atoms with Gasteiger partial charge >= 0.3 is 12.3 Å². The molecular formula is C21H23F3N2O4S2. The molecule has 3 N–H and O–H groups in total. The van der Waals surface area contributed by atoms with E-state index < -0.39 is 18.2 Å². The Bertz CT molecular complexity index is 1020. The summed E-state index contributed by atoms with van der Waals surface area (Å²) in [4.78, 5) is 26.6. The van der Waals surface area contributed by atoms with Gasteiger partial charge in [-0.25, -0.2) is 9.78 Å². The standard InChI is InChI=1S/C20H21F3N2OS2.CH2O3/c1-11-10-27-18(24-11)16-14-8-7-13(20(21,22)23)9-15(14)28-19(16)25-17(26)12-5-3-2-4-6-12;2-1(3)4/h5,10,13H,2-4,6-9H2,1H3,(H,25,26);(H2,2,3,4). The number of thiophene rings is 1. The Morgan fingerprint density at radius 2 is 1.94 bits per heavy atom. The maximum Gasteiger partial charge on any atom is 0.503 e. The summed E-state index contributed by atoms with van der Waals surface area (Å²) in [7, 11) is 0. The second-order valence-corrected chi connectivity index (χ2v) is 9.66. The quantitative estimate of drug-likeness (QED) is 0.457. The first-order valence-electron chi connectivity index (χ1n) is 10.1. The normalized spacial score (nSPS) is 18.1. The fourth-order valence-electron chi connectivity index (χ4n) is 3.88. The van der Waals surface area contributed by atoms with Crippen LogP contribution in [0.15, 0.2) is 17.0 Å². The molecule has 0 spiro atoms. The highest BCUT2D eigenvalue weighted by molar-refractivity contribution is 7.18. The summed E-state index contributed by atoms with van der Waals surface area (Å²) >= 11 is 2.76. The molecule has 0 aromatic carbocycles. The Morgan fingerprint density at radius 1 is 1.22 bits per heavy atom. The molecule has 2 aromatic rings. The number of carboxylic acid groups (broad SMARTS) is 2. The highest BCUT2D eigenvalue weighted by atomic mass is 32.1. The van der Waals surface area contributed by atoms with Crippen molar-refractivity contribution in [3.8, 4) is 10.6 Å². The van der Waals surface area contributed by atoms with Gasteiger partial charge in [-0.15, -0.1) is 22.7 Å². The highest BCUT2D eigenvalue weighted by Crippen LogP contribution is 2.48. The van der Waals surface area contributed by atoms with E-state index in [2.05, 4.69) is 10.3 Å². The minimum absolute atomic E-state index is 0.0145. The van der Waals surface area contributed by atoms with Gasteiger partial charge in [-0.1, -0.05) is 6.08 Å². The number of hydrogen-bond donors (Lipinski definition) is 3. The van der Waals surface area contributed by atoms with Crippen LogP contribution >= 0.6 is 22.7 Å². The van der Waals surface area contributed by atoms with Crippen LogP contribution in [0.2, 0.25) is 0 Å². The Morgan fingerprint density at radius 3 is 2.50 bits per heavy atom. The molecule has 0 saturated carbocycles. The van der Waals surface area contributed by atoms with Gasteiger partial charge in [-0.05, 0) is 57.4 Å². The largest absolute Gasteiger partial charge is 0.503 e. The number of aromatic nitrogens is 1. The summed E-state index contributed by atoms with van der Waals surface area (Å²) in [6, 6.07) is 0. The van der Waals surface area contributed by atoms with Gasteiger partial charge in [0.2, 0.25) is 0 Å². The molecule has 0 bridgehead atoms. The third-order valence-corrected chi connectivity index (χ3v) is 7.52. The average Bonchev–Trinajstić information content (AvgIpc) is 3.29. The van der Waals surface area contributed by atoms with E-state index in [9.17, 15) is 18.0 Å². The van der Waals surface area contributed by atoms with E-state index in [0.717, 1.165) is 58.0 Å². The van der Waals surface area contributed by atoms with Crippen molar-refractivity contribution in [1.82, 2.24) is 4.98 Å². The lowest BCUT2D eigenvalue weighted by atomic mass is 9.87. The summed E-state index contributed by atoms with van der Waals surface area (Å²) in [5.41, 5.74) is 3.39. The molecule has 1 unspecified atom stereocenters. The van der Waals surface area contributed by atoms with Gasteiger partial charge in [0.25, 0.3) is 5.91 Å². The minimum Gasteiger partial charge on any atom is -0.450 e. The van der Waals surface area contributed by atoms with Gasteiger partial charge < -0.3 is 15.5 Å². The maximum absolute atomic E-state index is 13.2. The summed E-state index contributed by atoms with van der Waals surface area (Å²) in [5.74, 6) is -1.45. The number of nitrogens with one attached hydrogen (secondary N) is 1. The number of carbonyl (C=O) groups is 2. The Hall–Kier alpha value is -2.40. The summed E-state index contributed by atoms with van der Waals surface area (Å²) in [6.07, 6.45) is 0.118. The van der Waals surface area contributed by atoms with Crippen LogP contribution in [-0.4, -0.2) is 33.4 Å². The van der Waals surface area contributed by atoms with Gasteiger partial charge in [0.05, 0.1) is 5.92 Å². The third kappa shape index (κ3) is 5.89. The topological polar surface area (TPSA) is 99.5 Å². The van der Waals surface area contributed by atoms with E-state index in [4.69, 9.17) is 15.0 Å². The zero-order valence-corrected chi connectivity index (χ0v) is 18.9. The van der Waals surface area contributed by atoms with Crippen molar-refractivity contribution in [3.05, 3.63) is 33.2 Å². The van der Waals surface area contributed by atoms with Crippen LogP contribution in [-0.2, 0) is 17.6 Å². The van der Waals surface area contributed by atoms with Crippen molar-refractivity contribution < 1.29 is 33.0 Å². The number of alkyl halides is 3. The Labute approximate surface area is 190 Å². The molecular weight excluding hydrogens is 465 g/mol. The van der Waals surface area contributed by atoms with Gasteiger partial charge in [-0.3, -0.25) is 4.79 Å². The van der Waals surface area contributed by atoms with E-state index in [1.807, 2.05) is 18.4 Å². The SMILES string of the molecule is Cc1csc(-c2c(NC(=O)C3=CCCCC3)sc3c2CCC(C(F)(F)F)C3)n1.O=C(O)O. The van der Waals surface area contributed by atoms with Crippen molar-refractivity contribution in [2.45, 2.75) is 58.0 Å². The van der Waals surface area contributed by atoms with Crippen molar-refractivity contribution in [1.29, 1.82) is 0 Å². The van der Waals surface area contributed by atoms with Crippen LogP contribution in [0, 0.1) is 12.8 Å². The van der Waals surface area contributed by atoms with Crippen LogP contribution < -0.4 is 5.32 Å². The van der Waals surface area contributed by atoms with Gasteiger partial charge in [0.15, 0.2) is 0 Å². The zero-order valence-electron chi connectivity index (χ0n) is 17.3. The summed E-state index contributed by atoms with van der Waals surface area (Å²) in [6.45, 7) is 1.89. The lowest BCUT2D eigenvalue weighted by Gasteiger charge is -2.24. The van der Waals surface area contributed by atoms with Crippen LogP contribution in [0.1, 0.15) is 48.2 Å². The number of rotatable bonds is 3. The predicted molar refractivity (Wildman–Crippen MR) is 118 cm³/mol. The number of halogens is 3. The molecule has 2 aromatic heterocycles. The first-order chi connectivity index (χ1) is 15.1. The zero-order chi connectivity index (χ0) is 23.5. The van der Waals surface area contributed by atoms with E-state index in [1.54, 1.807) is 0 Å². The summed E-state index contributed by atoms with van der Waals surface area (Å²) in [5, 5.41) is 20.3. The molecule has 4 rings (SSSR count). The van der Waals surface area contributed by atoms with Gasteiger partial charge in [0, 0.05) is 27.1 Å². The van der Waals surface area contributed by atoms with E-state index in [0.29, 0.717) is 11.4 Å². The first kappa shape index (κ1) is 24.2. The second kappa shape index (κ2) is 10.0. The number of thiazole rings is 1. The predicted octanol–water partition coefficient (Wildman–Crippen LogP) is 6.51. The first-order valence-corrected chi connectivity index (χ1v) is 11.8. The molecule has 6 nitrogen and oxygen atoms in total. The molecule has 1 atom stereocenters. The van der Waals surface area contributed by atoms with Gasteiger partial charge in [0.1, 0.15) is 10.0 Å². The fourth-order valence-corrected chi connectivity index (χ4v) is 6.14. The molecule has 2 aliphatic rings. The fraction of sp³-hybridized carbons (Fsp3) is 0.476.